The molecule has 0 radical (unpaired) electrons. The zero-order chi connectivity index (χ0) is 16.6. The first-order valence-electron chi connectivity index (χ1n) is 7.57. The van der Waals surface area contributed by atoms with Crippen molar-refractivity contribution in [3.05, 3.63) is 29.8 Å². The zero-order valence-corrected chi connectivity index (χ0v) is 14.3. The molecule has 0 unspecified atom stereocenters. The molecule has 1 aromatic rings. The van der Waals surface area contributed by atoms with Crippen LogP contribution < -0.4 is 10.2 Å². The molecule has 1 rings (SSSR count). The number of benzene rings is 1. The van der Waals surface area contributed by atoms with Crippen LogP contribution in [-0.4, -0.2) is 45.5 Å². The van der Waals surface area contributed by atoms with Crippen LogP contribution in [0.2, 0.25) is 0 Å². The topological polar surface area (TPSA) is 50.8 Å². The molecule has 0 heterocycles. The normalized spacial score (nSPS) is 11.1. The number of likely N-dealkylation sites (N-methyl/N-ethyl adjacent to an activating group) is 1. The highest BCUT2D eigenvalue weighted by atomic mass is 16.6. The van der Waals surface area contributed by atoms with E-state index < -0.39 is 5.60 Å². The smallest absolute Gasteiger partial charge is 0.407 e. The maximum absolute atomic E-state index is 11.5. The summed E-state index contributed by atoms with van der Waals surface area (Å²) in [6, 6.07) is 8.32. The lowest BCUT2D eigenvalue weighted by molar-refractivity contribution is 0.0528. The van der Waals surface area contributed by atoms with Gasteiger partial charge in [-0.1, -0.05) is 12.1 Å². The van der Waals surface area contributed by atoms with Gasteiger partial charge in [-0.15, -0.1) is 0 Å². The van der Waals surface area contributed by atoms with Crippen LogP contribution in [0.4, 0.5) is 10.5 Å². The number of nitrogens with one attached hydrogen (secondary N) is 1. The molecule has 0 saturated carbocycles. The molecule has 0 aliphatic heterocycles. The number of nitrogens with zero attached hydrogens (tertiary/aromatic N) is 1. The Morgan fingerprint density at radius 2 is 1.86 bits per heavy atom. The molecule has 0 aliphatic carbocycles. The quantitative estimate of drug-likeness (QED) is 0.841. The molecule has 0 fully saturated rings. The number of hydrogen-bond acceptors (Lipinski definition) is 4. The lowest BCUT2D eigenvalue weighted by atomic mass is 10.1. The number of alkyl carbamates (subject to hydrolysis) is 1. The first-order valence-corrected chi connectivity index (χ1v) is 7.57. The van der Waals surface area contributed by atoms with Gasteiger partial charge in [-0.2, -0.15) is 0 Å². The molecule has 0 atom stereocenters. The molecule has 0 spiro atoms. The summed E-state index contributed by atoms with van der Waals surface area (Å²) < 4.78 is 10.3. The number of carbonyl (C=O) groups excluding carboxylic acids is 1. The molecule has 22 heavy (non-hydrogen) atoms. The maximum atomic E-state index is 11.5. The Morgan fingerprint density at radius 3 is 2.41 bits per heavy atom. The van der Waals surface area contributed by atoms with Crippen LogP contribution in [0.3, 0.4) is 0 Å². The number of hydrogen-bond donors (Lipinski definition) is 1. The summed E-state index contributed by atoms with van der Waals surface area (Å²) in [7, 11) is 3.74. The van der Waals surface area contributed by atoms with Crippen LogP contribution in [0.1, 0.15) is 26.3 Å². The maximum Gasteiger partial charge on any atom is 0.407 e. The average molecular weight is 308 g/mol. The van der Waals surface area contributed by atoms with Crippen molar-refractivity contribution in [2.24, 2.45) is 0 Å². The highest BCUT2D eigenvalue weighted by Crippen LogP contribution is 2.14. The number of methoxy groups -OCH3 is 1. The second-order valence-electron chi connectivity index (χ2n) is 6.26. The molecular weight excluding hydrogens is 280 g/mol. The van der Waals surface area contributed by atoms with Gasteiger partial charge in [0.05, 0.1) is 6.61 Å². The van der Waals surface area contributed by atoms with Crippen LogP contribution in [0.25, 0.3) is 0 Å². The van der Waals surface area contributed by atoms with Gasteiger partial charge in [0.2, 0.25) is 0 Å². The number of rotatable bonds is 7. The van der Waals surface area contributed by atoms with Crippen LogP contribution >= 0.6 is 0 Å². The summed E-state index contributed by atoms with van der Waals surface area (Å²) in [6.45, 7) is 7.68. The van der Waals surface area contributed by atoms with Crippen molar-refractivity contribution in [3.63, 3.8) is 0 Å². The van der Waals surface area contributed by atoms with E-state index in [1.807, 2.05) is 27.8 Å². The second kappa shape index (κ2) is 8.63. The second-order valence-corrected chi connectivity index (χ2v) is 6.26. The van der Waals surface area contributed by atoms with Crippen molar-refractivity contribution >= 4 is 11.8 Å². The van der Waals surface area contributed by atoms with Gasteiger partial charge in [-0.25, -0.2) is 4.79 Å². The first-order chi connectivity index (χ1) is 10.3. The lowest BCUT2D eigenvalue weighted by Gasteiger charge is -2.20. The molecule has 0 aromatic heterocycles. The third-order valence-corrected chi connectivity index (χ3v) is 3.09. The van der Waals surface area contributed by atoms with E-state index >= 15 is 0 Å². The summed E-state index contributed by atoms with van der Waals surface area (Å²) in [6.07, 6.45) is 0.407. The zero-order valence-electron chi connectivity index (χ0n) is 14.3. The fourth-order valence-corrected chi connectivity index (χ4v) is 1.90. The van der Waals surface area contributed by atoms with Gasteiger partial charge >= 0.3 is 6.09 Å². The Balaban J connectivity index is 2.37. The minimum absolute atomic E-state index is 0.372. The van der Waals surface area contributed by atoms with Crippen molar-refractivity contribution in [3.8, 4) is 0 Å². The summed E-state index contributed by atoms with van der Waals surface area (Å²) in [5, 5.41) is 2.76. The Kier molecular flexibility index (Phi) is 7.18. The summed E-state index contributed by atoms with van der Waals surface area (Å²) >= 11 is 0. The Hall–Kier alpha value is -1.75. The number of anilines is 1. The number of ether oxygens (including phenoxy) is 2. The van der Waals surface area contributed by atoms with Gasteiger partial charge in [0, 0.05) is 32.9 Å². The Morgan fingerprint density at radius 1 is 1.23 bits per heavy atom. The van der Waals surface area contributed by atoms with Gasteiger partial charge in [0.1, 0.15) is 5.60 Å². The van der Waals surface area contributed by atoms with Crippen molar-refractivity contribution < 1.29 is 14.3 Å². The summed E-state index contributed by atoms with van der Waals surface area (Å²) in [4.78, 5) is 13.7. The van der Waals surface area contributed by atoms with Crippen molar-refractivity contribution in [1.82, 2.24) is 5.32 Å². The van der Waals surface area contributed by atoms with Crippen LogP contribution in [0.15, 0.2) is 24.3 Å². The summed E-state index contributed by atoms with van der Waals surface area (Å²) in [5.41, 5.74) is 1.87. The predicted octanol–water partition coefficient (Wildman–Crippen LogP) is 2.84. The fourth-order valence-electron chi connectivity index (χ4n) is 1.90. The van der Waals surface area contributed by atoms with E-state index in [9.17, 15) is 4.79 Å². The largest absolute Gasteiger partial charge is 0.444 e. The Labute approximate surface area is 133 Å². The summed E-state index contributed by atoms with van der Waals surface area (Å²) in [5.74, 6) is 0. The van der Waals surface area contributed by atoms with Crippen LogP contribution in [0.5, 0.6) is 0 Å². The molecular formula is C17H28N2O3. The van der Waals surface area contributed by atoms with Gasteiger partial charge in [0.25, 0.3) is 0 Å². The molecule has 124 valence electrons. The van der Waals surface area contributed by atoms with Gasteiger partial charge < -0.3 is 19.7 Å². The van der Waals surface area contributed by atoms with E-state index in [1.165, 1.54) is 5.56 Å². The van der Waals surface area contributed by atoms with Crippen molar-refractivity contribution in [2.75, 3.05) is 38.8 Å². The van der Waals surface area contributed by atoms with E-state index in [0.717, 1.165) is 18.7 Å². The number of amides is 1. The van der Waals surface area contributed by atoms with E-state index in [4.69, 9.17) is 9.47 Å². The van der Waals surface area contributed by atoms with Crippen LogP contribution in [0, 0.1) is 0 Å². The van der Waals surface area contributed by atoms with Crippen LogP contribution in [-0.2, 0) is 15.9 Å². The molecule has 0 aliphatic rings. The standard InChI is InChI=1S/C17H28N2O3/c1-17(2,3)22-16(20)18-11-10-14-6-8-15(9-7-14)19(4)12-13-21-5/h6-9H,10-13H2,1-5H3,(H,18,20). The van der Waals surface area contributed by atoms with Crippen molar-refractivity contribution in [2.45, 2.75) is 32.8 Å². The molecule has 5 heteroatoms. The van der Waals surface area contributed by atoms with Crippen molar-refractivity contribution in [1.29, 1.82) is 0 Å². The Bertz CT molecular complexity index is 452. The highest BCUT2D eigenvalue weighted by molar-refractivity contribution is 5.67. The molecule has 1 aromatic carbocycles. The fraction of sp³-hybridized carbons (Fsp3) is 0.588. The molecule has 5 nitrogen and oxygen atoms in total. The third-order valence-electron chi connectivity index (χ3n) is 3.09. The average Bonchev–Trinajstić information content (AvgIpc) is 2.43. The molecule has 0 bridgehead atoms. The predicted molar refractivity (Wildman–Crippen MR) is 89.5 cm³/mol. The molecule has 0 saturated heterocycles. The highest BCUT2D eigenvalue weighted by Gasteiger charge is 2.15. The van der Waals surface area contributed by atoms with E-state index in [0.29, 0.717) is 13.2 Å². The van der Waals surface area contributed by atoms with Gasteiger partial charge in [-0.05, 0) is 44.9 Å². The third kappa shape index (κ3) is 7.31. The van der Waals surface area contributed by atoms with Gasteiger partial charge in [-0.3, -0.25) is 0 Å². The van der Waals surface area contributed by atoms with E-state index in [2.05, 4.69) is 34.5 Å². The first kappa shape index (κ1) is 18.3. The molecule has 1 amide bonds. The number of carbonyl (C=O) groups is 1. The SMILES string of the molecule is COCCN(C)c1ccc(CCNC(=O)OC(C)(C)C)cc1. The minimum atomic E-state index is -0.460. The van der Waals surface area contributed by atoms with E-state index in [1.54, 1.807) is 7.11 Å². The van der Waals surface area contributed by atoms with Gasteiger partial charge in [0.15, 0.2) is 0 Å². The molecule has 1 N–H and O–H groups in total. The monoisotopic (exact) mass is 308 g/mol. The minimum Gasteiger partial charge on any atom is -0.444 e. The van der Waals surface area contributed by atoms with E-state index in [-0.39, 0.29) is 6.09 Å². The lowest BCUT2D eigenvalue weighted by Crippen LogP contribution is -2.33.